The number of nitrogens with zero attached hydrogens (tertiary/aromatic N) is 1. The number of rotatable bonds is 9. The predicted molar refractivity (Wildman–Crippen MR) is 126 cm³/mol. The highest BCUT2D eigenvalue weighted by atomic mass is 32.1. The van der Waals surface area contributed by atoms with E-state index in [0.717, 1.165) is 34.6 Å². The second kappa shape index (κ2) is 10.6. The average Bonchev–Trinajstić information content (AvgIpc) is 3.53. The third-order valence-electron chi connectivity index (χ3n) is 5.93. The Balaban J connectivity index is 1.80. The van der Waals surface area contributed by atoms with Crippen LogP contribution in [0.1, 0.15) is 60.4 Å². The maximum atomic E-state index is 13.2. The Bertz CT molecular complexity index is 1000. The normalized spacial score (nSPS) is 15.8. The average molecular weight is 452 g/mol. The molecule has 1 aliphatic carbocycles. The lowest BCUT2D eigenvalue weighted by molar-refractivity contribution is -0.145. The maximum absolute atomic E-state index is 13.2. The van der Waals surface area contributed by atoms with Crippen LogP contribution in [0.15, 0.2) is 60.2 Å². The number of pyridine rings is 1. The van der Waals surface area contributed by atoms with Gasteiger partial charge >= 0.3 is 5.97 Å². The van der Waals surface area contributed by atoms with E-state index in [4.69, 9.17) is 14.2 Å². The van der Waals surface area contributed by atoms with Gasteiger partial charge in [0.25, 0.3) is 0 Å². The van der Waals surface area contributed by atoms with Crippen LogP contribution in [0.4, 0.5) is 0 Å². The van der Waals surface area contributed by atoms with E-state index in [9.17, 15) is 4.79 Å². The monoisotopic (exact) mass is 451 g/mol. The topological polar surface area (TPSA) is 57.7 Å². The van der Waals surface area contributed by atoms with Crippen molar-refractivity contribution in [2.45, 2.75) is 50.5 Å². The zero-order valence-electron chi connectivity index (χ0n) is 18.5. The summed E-state index contributed by atoms with van der Waals surface area (Å²) in [4.78, 5) is 18.5. The molecule has 5 nitrogen and oxygen atoms in total. The van der Waals surface area contributed by atoms with Gasteiger partial charge in [0.15, 0.2) is 11.5 Å². The number of carbonyl (C=O) groups excluding carboxylic acids is 1. The van der Waals surface area contributed by atoms with Gasteiger partial charge in [-0.15, -0.1) is 11.3 Å². The Morgan fingerprint density at radius 3 is 2.53 bits per heavy atom. The van der Waals surface area contributed by atoms with Crippen LogP contribution in [-0.4, -0.2) is 30.8 Å². The van der Waals surface area contributed by atoms with Crippen molar-refractivity contribution in [3.63, 3.8) is 0 Å². The van der Waals surface area contributed by atoms with Gasteiger partial charge in [-0.1, -0.05) is 12.1 Å². The molecule has 0 spiro atoms. The largest absolute Gasteiger partial charge is 0.493 e. The molecule has 1 aromatic carbocycles. The van der Waals surface area contributed by atoms with Gasteiger partial charge in [-0.2, -0.15) is 0 Å². The van der Waals surface area contributed by atoms with E-state index in [1.54, 1.807) is 30.8 Å². The second-order valence-electron chi connectivity index (χ2n) is 7.94. The molecular weight excluding hydrogens is 422 g/mol. The van der Waals surface area contributed by atoms with E-state index in [0.29, 0.717) is 12.4 Å². The Morgan fingerprint density at radius 1 is 1.09 bits per heavy atom. The molecule has 0 aliphatic heterocycles. The standard InChI is InChI=1S/C26H29NO4S/c1-3-30-26(28)25(18-12-14-27-15-13-18)24(23-9-6-16-32-23)19-10-11-21(29-2)22(17-19)31-20-7-4-5-8-20/h6,9-17,20,24-25H,3-5,7-8H2,1-2H3. The van der Waals surface area contributed by atoms with E-state index in [1.807, 2.05) is 48.7 Å². The molecule has 4 rings (SSSR count). The molecule has 2 unspecified atom stereocenters. The molecule has 168 valence electrons. The van der Waals surface area contributed by atoms with E-state index < -0.39 is 5.92 Å². The van der Waals surface area contributed by atoms with Crippen molar-refractivity contribution >= 4 is 17.3 Å². The molecule has 3 aromatic rings. The highest BCUT2D eigenvalue weighted by Gasteiger charge is 2.35. The van der Waals surface area contributed by atoms with Crippen LogP contribution in [0.2, 0.25) is 0 Å². The van der Waals surface area contributed by atoms with Crippen LogP contribution >= 0.6 is 11.3 Å². The Kier molecular flexibility index (Phi) is 7.43. The quantitative estimate of drug-likeness (QED) is 0.376. The summed E-state index contributed by atoms with van der Waals surface area (Å²) < 4.78 is 17.5. The summed E-state index contributed by atoms with van der Waals surface area (Å²) in [7, 11) is 1.66. The number of benzene rings is 1. The van der Waals surface area contributed by atoms with Gasteiger partial charge in [0.1, 0.15) is 0 Å². The SMILES string of the molecule is CCOC(=O)C(c1ccncc1)C(c1ccc(OC)c(OC2CCCC2)c1)c1cccs1. The van der Waals surface area contributed by atoms with Crippen LogP contribution in [0.25, 0.3) is 0 Å². The highest BCUT2D eigenvalue weighted by molar-refractivity contribution is 7.10. The fourth-order valence-corrected chi connectivity index (χ4v) is 5.31. The third-order valence-corrected chi connectivity index (χ3v) is 6.89. The van der Waals surface area contributed by atoms with Crippen molar-refractivity contribution in [1.82, 2.24) is 4.98 Å². The van der Waals surface area contributed by atoms with Gasteiger partial charge in [0, 0.05) is 23.2 Å². The summed E-state index contributed by atoms with van der Waals surface area (Å²) in [6, 6.07) is 13.9. The fourth-order valence-electron chi connectivity index (χ4n) is 4.42. The zero-order chi connectivity index (χ0) is 22.3. The molecule has 0 saturated heterocycles. The smallest absolute Gasteiger partial charge is 0.314 e. The zero-order valence-corrected chi connectivity index (χ0v) is 19.3. The van der Waals surface area contributed by atoms with Gasteiger partial charge < -0.3 is 14.2 Å². The van der Waals surface area contributed by atoms with Crippen LogP contribution < -0.4 is 9.47 Å². The van der Waals surface area contributed by atoms with Crippen LogP contribution in [0.5, 0.6) is 11.5 Å². The Hall–Kier alpha value is -2.86. The number of hydrogen-bond acceptors (Lipinski definition) is 6. The number of hydrogen-bond donors (Lipinski definition) is 0. The van der Waals surface area contributed by atoms with Crippen LogP contribution in [-0.2, 0) is 9.53 Å². The minimum atomic E-state index is -0.496. The summed E-state index contributed by atoms with van der Waals surface area (Å²) in [6.45, 7) is 2.17. The van der Waals surface area contributed by atoms with Crippen molar-refractivity contribution in [2.75, 3.05) is 13.7 Å². The summed E-state index contributed by atoms with van der Waals surface area (Å²) in [5.41, 5.74) is 1.88. The first-order valence-corrected chi connectivity index (χ1v) is 12.0. The van der Waals surface area contributed by atoms with Crippen LogP contribution in [0.3, 0.4) is 0 Å². The van der Waals surface area contributed by atoms with Gasteiger partial charge in [-0.25, -0.2) is 0 Å². The van der Waals surface area contributed by atoms with Gasteiger partial charge in [-0.3, -0.25) is 9.78 Å². The molecule has 1 saturated carbocycles. The lowest BCUT2D eigenvalue weighted by atomic mass is 9.80. The number of thiophene rings is 1. The molecule has 2 aromatic heterocycles. The molecule has 1 fully saturated rings. The number of methoxy groups -OCH3 is 1. The van der Waals surface area contributed by atoms with Crippen LogP contribution in [0, 0.1) is 0 Å². The summed E-state index contributed by atoms with van der Waals surface area (Å²) in [5, 5.41) is 2.04. The number of aromatic nitrogens is 1. The van der Waals surface area contributed by atoms with E-state index in [-0.39, 0.29) is 18.0 Å². The molecule has 2 heterocycles. The Morgan fingerprint density at radius 2 is 1.88 bits per heavy atom. The molecule has 0 radical (unpaired) electrons. The van der Waals surface area contributed by atoms with Gasteiger partial charge in [0.2, 0.25) is 0 Å². The maximum Gasteiger partial charge on any atom is 0.314 e. The second-order valence-corrected chi connectivity index (χ2v) is 8.92. The molecule has 1 aliphatic rings. The summed E-state index contributed by atoms with van der Waals surface area (Å²) in [5.74, 6) is 0.488. The van der Waals surface area contributed by atoms with Crippen molar-refractivity contribution in [1.29, 1.82) is 0 Å². The molecule has 0 amide bonds. The van der Waals surface area contributed by atoms with Gasteiger partial charge in [-0.05, 0) is 79.4 Å². The van der Waals surface area contributed by atoms with Crippen molar-refractivity contribution < 1.29 is 19.0 Å². The minimum absolute atomic E-state index is 0.209. The van der Waals surface area contributed by atoms with Gasteiger partial charge in [0.05, 0.1) is 25.7 Å². The molecule has 6 heteroatoms. The first kappa shape index (κ1) is 22.3. The molecule has 0 bridgehead atoms. The molecular formula is C26H29NO4S. The molecule has 2 atom stereocenters. The van der Waals surface area contributed by atoms with E-state index in [1.165, 1.54) is 12.8 Å². The van der Waals surface area contributed by atoms with E-state index in [2.05, 4.69) is 11.1 Å². The molecule has 0 N–H and O–H groups in total. The van der Waals surface area contributed by atoms with Crippen molar-refractivity contribution in [3.8, 4) is 11.5 Å². The minimum Gasteiger partial charge on any atom is -0.493 e. The first-order chi connectivity index (χ1) is 15.7. The number of ether oxygens (including phenoxy) is 3. The lowest BCUT2D eigenvalue weighted by Crippen LogP contribution is -2.23. The fraction of sp³-hybridized carbons (Fsp3) is 0.385. The highest BCUT2D eigenvalue weighted by Crippen LogP contribution is 2.44. The van der Waals surface area contributed by atoms with E-state index >= 15 is 0 Å². The number of esters is 1. The predicted octanol–water partition coefficient (Wildman–Crippen LogP) is 5.95. The molecule has 32 heavy (non-hydrogen) atoms. The van der Waals surface area contributed by atoms with Crippen molar-refractivity contribution in [3.05, 3.63) is 76.2 Å². The summed E-state index contributed by atoms with van der Waals surface area (Å²) in [6.07, 6.45) is 8.15. The summed E-state index contributed by atoms with van der Waals surface area (Å²) >= 11 is 1.64. The van der Waals surface area contributed by atoms with Crippen molar-refractivity contribution in [2.24, 2.45) is 0 Å². The Labute approximate surface area is 193 Å². The lowest BCUT2D eigenvalue weighted by Gasteiger charge is -2.27. The third kappa shape index (κ3) is 4.96. The number of carbonyl (C=O) groups is 1. The first-order valence-electron chi connectivity index (χ1n) is 11.2.